The molecule has 1 aromatic carbocycles. The van der Waals surface area contributed by atoms with Gasteiger partial charge in [0.15, 0.2) is 0 Å². The van der Waals surface area contributed by atoms with E-state index in [1.165, 1.54) is 0 Å². The Morgan fingerprint density at radius 2 is 1.79 bits per heavy atom. The molecule has 150 valence electrons. The van der Waals surface area contributed by atoms with Crippen LogP contribution in [0.15, 0.2) is 54.9 Å². The maximum absolute atomic E-state index is 13.0. The van der Waals surface area contributed by atoms with Crippen LogP contribution in [0, 0.1) is 0 Å². The van der Waals surface area contributed by atoms with Crippen molar-refractivity contribution in [2.45, 2.75) is 6.18 Å². The Morgan fingerprint density at radius 1 is 0.966 bits per heavy atom. The standard InChI is InChI=1S/C20H18F3N5O/c21-20(22,23)18-4-6-25-19(27-18)26-15-11-14(17-3-1-2-5-24-17)12-16(13-15)28-7-9-29-10-8-28/h1-6,11-13H,7-10H2,(H,25,26,27). The SMILES string of the molecule is FC(F)(F)c1ccnc(Nc2cc(-c3ccccn3)cc(N3CCOCC3)c2)n1. The normalized spacial score (nSPS) is 14.7. The molecule has 0 bridgehead atoms. The fourth-order valence-electron chi connectivity index (χ4n) is 3.07. The third-order valence-electron chi connectivity index (χ3n) is 4.46. The molecule has 1 aliphatic rings. The molecule has 0 unspecified atom stereocenters. The number of rotatable bonds is 4. The highest BCUT2D eigenvalue weighted by Gasteiger charge is 2.32. The number of ether oxygens (including phenoxy) is 1. The molecular formula is C20H18F3N5O. The predicted octanol–water partition coefficient (Wildman–Crippen LogP) is 4.14. The second-order valence-electron chi connectivity index (χ2n) is 6.47. The minimum absolute atomic E-state index is 0.120. The summed E-state index contributed by atoms with van der Waals surface area (Å²) in [5.41, 5.74) is 2.10. The average molecular weight is 401 g/mol. The lowest BCUT2D eigenvalue weighted by Crippen LogP contribution is -2.36. The van der Waals surface area contributed by atoms with Crippen LogP contribution in [0.5, 0.6) is 0 Å². The summed E-state index contributed by atoms with van der Waals surface area (Å²) >= 11 is 0. The number of anilines is 3. The average Bonchev–Trinajstić information content (AvgIpc) is 2.74. The number of halogens is 3. The monoisotopic (exact) mass is 401 g/mol. The molecule has 2 aromatic heterocycles. The summed E-state index contributed by atoms with van der Waals surface area (Å²) < 4.78 is 44.3. The van der Waals surface area contributed by atoms with E-state index in [1.54, 1.807) is 6.20 Å². The van der Waals surface area contributed by atoms with E-state index in [4.69, 9.17) is 4.74 Å². The van der Waals surface area contributed by atoms with Crippen molar-refractivity contribution in [3.8, 4) is 11.3 Å². The lowest BCUT2D eigenvalue weighted by Gasteiger charge is -2.29. The van der Waals surface area contributed by atoms with Crippen molar-refractivity contribution in [2.24, 2.45) is 0 Å². The number of nitrogens with one attached hydrogen (secondary N) is 1. The summed E-state index contributed by atoms with van der Waals surface area (Å²) in [4.78, 5) is 14.0. The molecule has 3 heterocycles. The van der Waals surface area contributed by atoms with Gasteiger partial charge in [0.2, 0.25) is 5.95 Å². The Kier molecular flexibility index (Phi) is 5.30. The van der Waals surface area contributed by atoms with E-state index in [-0.39, 0.29) is 5.95 Å². The molecule has 0 radical (unpaired) electrons. The second-order valence-corrected chi connectivity index (χ2v) is 6.47. The van der Waals surface area contributed by atoms with Crippen molar-refractivity contribution in [3.05, 3.63) is 60.6 Å². The minimum Gasteiger partial charge on any atom is -0.378 e. The summed E-state index contributed by atoms with van der Waals surface area (Å²) in [6.45, 7) is 2.69. The first-order chi connectivity index (χ1) is 14.0. The molecule has 1 saturated heterocycles. The topological polar surface area (TPSA) is 63.2 Å². The van der Waals surface area contributed by atoms with E-state index in [9.17, 15) is 13.2 Å². The van der Waals surface area contributed by atoms with Crippen molar-refractivity contribution in [1.82, 2.24) is 15.0 Å². The van der Waals surface area contributed by atoms with Gasteiger partial charge in [-0.05, 0) is 36.4 Å². The van der Waals surface area contributed by atoms with Crippen LogP contribution in [0.4, 0.5) is 30.5 Å². The third-order valence-corrected chi connectivity index (χ3v) is 4.46. The quantitative estimate of drug-likeness (QED) is 0.709. The van der Waals surface area contributed by atoms with Crippen LogP contribution < -0.4 is 10.2 Å². The number of alkyl halides is 3. The van der Waals surface area contributed by atoms with Crippen LogP contribution in [0.2, 0.25) is 0 Å². The van der Waals surface area contributed by atoms with Gasteiger partial charge < -0.3 is 15.0 Å². The summed E-state index contributed by atoms with van der Waals surface area (Å²) in [5, 5.41) is 2.90. The summed E-state index contributed by atoms with van der Waals surface area (Å²) in [5.74, 6) is -0.120. The highest BCUT2D eigenvalue weighted by molar-refractivity contribution is 5.74. The number of pyridine rings is 1. The van der Waals surface area contributed by atoms with Crippen molar-refractivity contribution in [2.75, 3.05) is 36.5 Å². The van der Waals surface area contributed by atoms with Gasteiger partial charge in [-0.15, -0.1) is 0 Å². The highest BCUT2D eigenvalue weighted by Crippen LogP contribution is 2.31. The molecule has 0 saturated carbocycles. The van der Waals surface area contributed by atoms with Crippen molar-refractivity contribution in [3.63, 3.8) is 0 Å². The van der Waals surface area contributed by atoms with E-state index >= 15 is 0 Å². The zero-order chi connectivity index (χ0) is 20.3. The minimum atomic E-state index is -4.53. The van der Waals surface area contributed by atoms with E-state index in [2.05, 4.69) is 25.2 Å². The van der Waals surface area contributed by atoms with Gasteiger partial charge in [0, 0.05) is 42.4 Å². The van der Waals surface area contributed by atoms with Crippen molar-refractivity contribution < 1.29 is 17.9 Å². The fourth-order valence-corrected chi connectivity index (χ4v) is 3.07. The van der Waals surface area contributed by atoms with Gasteiger partial charge in [-0.1, -0.05) is 6.07 Å². The van der Waals surface area contributed by atoms with Crippen LogP contribution in [0.1, 0.15) is 5.69 Å². The molecular weight excluding hydrogens is 383 g/mol. The molecule has 0 atom stereocenters. The number of nitrogens with zero attached hydrogens (tertiary/aromatic N) is 4. The van der Waals surface area contributed by atoms with Gasteiger partial charge in [0.25, 0.3) is 0 Å². The number of morpholine rings is 1. The Balaban J connectivity index is 1.70. The van der Waals surface area contributed by atoms with Crippen molar-refractivity contribution >= 4 is 17.3 Å². The Hall–Kier alpha value is -3.20. The first-order valence-electron chi connectivity index (χ1n) is 9.05. The lowest BCUT2D eigenvalue weighted by atomic mass is 10.1. The molecule has 1 fully saturated rings. The third kappa shape index (κ3) is 4.62. The lowest BCUT2D eigenvalue weighted by molar-refractivity contribution is -0.141. The van der Waals surface area contributed by atoms with Crippen LogP contribution >= 0.6 is 0 Å². The summed E-state index contributed by atoms with van der Waals surface area (Å²) in [6.07, 6.45) is -1.75. The van der Waals surface area contributed by atoms with Gasteiger partial charge in [-0.2, -0.15) is 13.2 Å². The van der Waals surface area contributed by atoms with Gasteiger partial charge >= 0.3 is 6.18 Å². The number of hydrogen-bond acceptors (Lipinski definition) is 6. The zero-order valence-corrected chi connectivity index (χ0v) is 15.4. The molecule has 0 amide bonds. The maximum Gasteiger partial charge on any atom is 0.433 e. The fraction of sp³-hybridized carbons (Fsp3) is 0.250. The molecule has 1 aliphatic heterocycles. The van der Waals surface area contributed by atoms with E-state index in [1.807, 2.05) is 36.4 Å². The molecule has 6 nitrogen and oxygen atoms in total. The van der Waals surface area contributed by atoms with Gasteiger partial charge in [-0.25, -0.2) is 9.97 Å². The van der Waals surface area contributed by atoms with Crippen LogP contribution in [-0.4, -0.2) is 41.3 Å². The first-order valence-corrected chi connectivity index (χ1v) is 9.05. The second kappa shape index (κ2) is 8.04. The van der Waals surface area contributed by atoms with E-state index < -0.39 is 11.9 Å². The van der Waals surface area contributed by atoms with E-state index in [0.29, 0.717) is 18.9 Å². The maximum atomic E-state index is 13.0. The Morgan fingerprint density at radius 3 is 2.52 bits per heavy atom. The van der Waals surface area contributed by atoms with Crippen LogP contribution in [0.3, 0.4) is 0 Å². The number of benzene rings is 1. The largest absolute Gasteiger partial charge is 0.433 e. The molecule has 29 heavy (non-hydrogen) atoms. The number of aromatic nitrogens is 3. The molecule has 4 rings (SSSR count). The van der Waals surface area contributed by atoms with Gasteiger partial charge in [0.05, 0.1) is 18.9 Å². The van der Waals surface area contributed by atoms with Gasteiger partial charge in [0.1, 0.15) is 5.69 Å². The van der Waals surface area contributed by atoms with Crippen molar-refractivity contribution in [1.29, 1.82) is 0 Å². The first kappa shape index (κ1) is 19.1. The molecule has 3 aromatic rings. The summed E-state index contributed by atoms with van der Waals surface area (Å²) in [7, 11) is 0. The Labute approximate surface area is 165 Å². The molecule has 0 aliphatic carbocycles. The zero-order valence-electron chi connectivity index (χ0n) is 15.4. The van der Waals surface area contributed by atoms with Crippen LogP contribution in [0.25, 0.3) is 11.3 Å². The van der Waals surface area contributed by atoms with Gasteiger partial charge in [-0.3, -0.25) is 4.98 Å². The smallest absolute Gasteiger partial charge is 0.378 e. The molecule has 0 spiro atoms. The predicted molar refractivity (Wildman–Crippen MR) is 103 cm³/mol. The highest BCUT2D eigenvalue weighted by atomic mass is 19.4. The number of hydrogen-bond donors (Lipinski definition) is 1. The van der Waals surface area contributed by atoms with Crippen LogP contribution in [-0.2, 0) is 10.9 Å². The Bertz CT molecular complexity index is 975. The molecule has 9 heteroatoms. The summed E-state index contributed by atoms with van der Waals surface area (Å²) in [6, 6.07) is 12.1. The molecule has 1 N–H and O–H groups in total. The van der Waals surface area contributed by atoms with E-state index in [0.717, 1.165) is 42.3 Å².